The molecule has 0 fully saturated rings. The van der Waals surface area contributed by atoms with Gasteiger partial charge in [0.05, 0.1) is 4.47 Å². The lowest BCUT2D eigenvalue weighted by Crippen LogP contribution is -2.09. The zero-order chi connectivity index (χ0) is 11.9. The Hall–Kier alpha value is -0.900. The summed E-state index contributed by atoms with van der Waals surface area (Å²) in [6.45, 7) is 6.27. The van der Waals surface area contributed by atoms with Gasteiger partial charge in [-0.15, -0.1) is 0 Å². The van der Waals surface area contributed by atoms with Crippen LogP contribution in [-0.4, -0.2) is 4.98 Å². The van der Waals surface area contributed by atoms with Crippen LogP contribution in [0.1, 0.15) is 26.7 Å². The summed E-state index contributed by atoms with van der Waals surface area (Å²) in [5.41, 5.74) is 0.878. The van der Waals surface area contributed by atoms with E-state index in [1.165, 1.54) is 0 Å². The number of aromatic nitrogens is 1. The molecule has 0 saturated heterocycles. The van der Waals surface area contributed by atoms with E-state index in [9.17, 15) is 4.39 Å². The average molecular weight is 286 g/mol. The molecule has 0 aliphatic heterocycles. The van der Waals surface area contributed by atoms with E-state index in [4.69, 9.17) is 4.42 Å². The molecule has 16 heavy (non-hydrogen) atoms. The van der Waals surface area contributed by atoms with Crippen LogP contribution in [0.15, 0.2) is 21.0 Å². The van der Waals surface area contributed by atoms with Crippen molar-refractivity contribution in [2.45, 2.75) is 27.2 Å². The lowest BCUT2D eigenvalue weighted by atomic mass is 9.92. The van der Waals surface area contributed by atoms with Crippen LogP contribution in [0.3, 0.4) is 0 Å². The zero-order valence-electron chi connectivity index (χ0n) is 9.47. The lowest BCUT2D eigenvalue weighted by molar-refractivity contribution is 0.362. The Balaban J connectivity index is 2.48. The van der Waals surface area contributed by atoms with Gasteiger partial charge >= 0.3 is 0 Å². The molecule has 2 aromatic rings. The van der Waals surface area contributed by atoms with Gasteiger partial charge in [-0.25, -0.2) is 9.37 Å². The van der Waals surface area contributed by atoms with Crippen LogP contribution in [0.4, 0.5) is 4.39 Å². The third-order valence-electron chi connectivity index (χ3n) is 2.18. The number of hydrogen-bond acceptors (Lipinski definition) is 2. The summed E-state index contributed by atoms with van der Waals surface area (Å²) >= 11 is 3.13. The van der Waals surface area contributed by atoms with Crippen molar-refractivity contribution in [3.8, 4) is 0 Å². The Kier molecular flexibility index (Phi) is 2.78. The highest BCUT2D eigenvalue weighted by atomic mass is 79.9. The summed E-state index contributed by atoms with van der Waals surface area (Å²) in [6, 6.07) is 3.35. The van der Waals surface area contributed by atoms with E-state index in [0.717, 1.165) is 0 Å². The highest BCUT2D eigenvalue weighted by Crippen LogP contribution is 2.27. The molecule has 0 atom stereocenters. The Labute approximate surface area is 102 Å². The van der Waals surface area contributed by atoms with Gasteiger partial charge in [-0.1, -0.05) is 20.8 Å². The summed E-state index contributed by atoms with van der Waals surface area (Å²) in [5, 5.41) is 0. The molecule has 0 radical (unpaired) electrons. The van der Waals surface area contributed by atoms with Gasteiger partial charge < -0.3 is 4.42 Å². The van der Waals surface area contributed by atoms with E-state index >= 15 is 0 Å². The molecule has 0 amide bonds. The molecule has 2 rings (SSSR count). The summed E-state index contributed by atoms with van der Waals surface area (Å²) < 4.78 is 19.6. The quantitative estimate of drug-likeness (QED) is 0.780. The molecular formula is C12H13BrFNO. The Morgan fingerprint density at radius 1 is 1.38 bits per heavy atom. The Morgan fingerprint density at radius 3 is 2.69 bits per heavy atom. The summed E-state index contributed by atoms with van der Waals surface area (Å²) in [6.07, 6.45) is 0.693. The van der Waals surface area contributed by atoms with Crippen LogP contribution < -0.4 is 0 Å². The van der Waals surface area contributed by atoms with E-state index < -0.39 is 0 Å². The van der Waals surface area contributed by atoms with Crippen molar-refractivity contribution in [3.05, 3.63) is 28.3 Å². The monoisotopic (exact) mass is 285 g/mol. The van der Waals surface area contributed by atoms with E-state index in [0.29, 0.717) is 27.9 Å². The van der Waals surface area contributed by atoms with Crippen LogP contribution in [0, 0.1) is 11.2 Å². The number of halogens is 2. The third-order valence-corrected chi connectivity index (χ3v) is 2.79. The fraction of sp³-hybridized carbons (Fsp3) is 0.417. The summed E-state index contributed by atoms with van der Waals surface area (Å²) in [7, 11) is 0. The molecule has 2 nitrogen and oxygen atoms in total. The van der Waals surface area contributed by atoms with Gasteiger partial charge in [0.15, 0.2) is 17.3 Å². The van der Waals surface area contributed by atoms with E-state index in [1.807, 2.05) is 0 Å². The molecule has 4 heteroatoms. The predicted molar refractivity (Wildman–Crippen MR) is 64.8 cm³/mol. The third kappa shape index (κ3) is 2.26. The summed E-state index contributed by atoms with van der Waals surface area (Å²) in [5.74, 6) is 0.223. The summed E-state index contributed by atoms with van der Waals surface area (Å²) in [4.78, 5) is 4.19. The molecule has 0 unspecified atom stereocenters. The van der Waals surface area contributed by atoms with E-state index in [2.05, 4.69) is 41.7 Å². The molecule has 0 aliphatic carbocycles. The molecule has 0 aliphatic rings. The number of oxazole rings is 1. The largest absolute Gasteiger partial charge is 0.441 e. The molecule has 0 N–H and O–H groups in total. The number of hydrogen-bond donors (Lipinski definition) is 0. The first-order valence-corrected chi connectivity index (χ1v) is 5.89. The maximum atomic E-state index is 13.7. The molecule has 86 valence electrons. The van der Waals surface area contributed by atoms with Crippen molar-refractivity contribution in [3.63, 3.8) is 0 Å². The number of fused-ring (bicyclic) bond motifs is 1. The van der Waals surface area contributed by atoms with Crippen LogP contribution in [0.5, 0.6) is 0 Å². The fourth-order valence-electron chi connectivity index (χ4n) is 1.51. The zero-order valence-corrected chi connectivity index (χ0v) is 11.1. The molecule has 1 aromatic heterocycles. The minimum absolute atomic E-state index is 0.0780. The van der Waals surface area contributed by atoms with Gasteiger partial charge in [-0.05, 0) is 33.5 Å². The standard InChI is InChI=1S/C12H13BrFNO/c1-12(2,3)6-9-15-11-8(16-9)5-4-7(13)10(11)14/h4-5H,6H2,1-3H3. The van der Waals surface area contributed by atoms with E-state index in [1.54, 1.807) is 12.1 Å². The van der Waals surface area contributed by atoms with Crippen molar-refractivity contribution in [1.29, 1.82) is 0 Å². The number of nitrogens with zero attached hydrogens (tertiary/aromatic N) is 1. The minimum Gasteiger partial charge on any atom is -0.441 e. The van der Waals surface area contributed by atoms with Crippen LogP contribution >= 0.6 is 15.9 Å². The highest BCUT2D eigenvalue weighted by molar-refractivity contribution is 9.10. The van der Waals surface area contributed by atoms with Crippen LogP contribution in [-0.2, 0) is 6.42 Å². The first-order chi connectivity index (χ1) is 7.37. The fourth-order valence-corrected chi connectivity index (χ4v) is 1.83. The molecule has 0 spiro atoms. The smallest absolute Gasteiger partial charge is 0.196 e. The van der Waals surface area contributed by atoms with Crippen molar-refractivity contribution in [2.75, 3.05) is 0 Å². The molecule has 0 bridgehead atoms. The first kappa shape index (κ1) is 11.6. The second-order valence-electron chi connectivity index (χ2n) is 5.05. The SMILES string of the molecule is CC(C)(C)Cc1nc2c(F)c(Br)ccc2o1. The lowest BCUT2D eigenvalue weighted by Gasteiger charge is -2.14. The van der Waals surface area contributed by atoms with Gasteiger partial charge in [0.25, 0.3) is 0 Å². The van der Waals surface area contributed by atoms with E-state index in [-0.39, 0.29) is 11.2 Å². The highest BCUT2D eigenvalue weighted by Gasteiger charge is 2.18. The van der Waals surface area contributed by atoms with Crippen molar-refractivity contribution < 1.29 is 8.81 Å². The topological polar surface area (TPSA) is 26.0 Å². The normalized spacial score (nSPS) is 12.3. The average Bonchev–Trinajstić information content (AvgIpc) is 2.52. The molecule has 1 aromatic carbocycles. The Bertz CT molecular complexity index is 528. The minimum atomic E-state index is -0.360. The van der Waals surface area contributed by atoms with Crippen molar-refractivity contribution in [2.24, 2.45) is 5.41 Å². The van der Waals surface area contributed by atoms with Crippen molar-refractivity contribution >= 4 is 27.0 Å². The predicted octanol–water partition coefficient (Wildman–Crippen LogP) is 4.32. The second-order valence-corrected chi connectivity index (χ2v) is 5.91. The van der Waals surface area contributed by atoms with Crippen LogP contribution in [0.2, 0.25) is 0 Å². The maximum absolute atomic E-state index is 13.7. The number of rotatable bonds is 1. The second kappa shape index (κ2) is 3.84. The van der Waals surface area contributed by atoms with Gasteiger partial charge in [0, 0.05) is 6.42 Å². The van der Waals surface area contributed by atoms with Crippen molar-refractivity contribution in [1.82, 2.24) is 4.98 Å². The Morgan fingerprint density at radius 2 is 2.06 bits per heavy atom. The first-order valence-electron chi connectivity index (χ1n) is 5.10. The van der Waals surface area contributed by atoms with Gasteiger partial charge in [0.1, 0.15) is 5.52 Å². The van der Waals surface area contributed by atoms with Gasteiger partial charge in [-0.3, -0.25) is 0 Å². The molecular weight excluding hydrogens is 273 g/mol. The molecule has 1 heterocycles. The maximum Gasteiger partial charge on any atom is 0.196 e. The number of benzene rings is 1. The van der Waals surface area contributed by atoms with Crippen LogP contribution in [0.25, 0.3) is 11.1 Å². The molecule has 0 saturated carbocycles. The van der Waals surface area contributed by atoms with Gasteiger partial charge in [-0.2, -0.15) is 0 Å². The van der Waals surface area contributed by atoms with Gasteiger partial charge in [0.2, 0.25) is 0 Å².